The van der Waals surface area contributed by atoms with Gasteiger partial charge in [-0.25, -0.2) is 4.79 Å². The van der Waals surface area contributed by atoms with Crippen molar-refractivity contribution >= 4 is 44.5 Å². The van der Waals surface area contributed by atoms with Gasteiger partial charge in [-0.2, -0.15) is 0 Å². The lowest BCUT2D eigenvalue weighted by molar-refractivity contribution is -0.208. The maximum absolute atomic E-state index is 14.0. The van der Waals surface area contributed by atoms with Crippen molar-refractivity contribution in [3.05, 3.63) is 58.3 Å². The highest BCUT2D eigenvalue weighted by Gasteiger charge is 2.60. The van der Waals surface area contributed by atoms with Gasteiger partial charge in [0.15, 0.2) is 5.60 Å². The number of hydrogen-bond acceptors (Lipinski definition) is 8. The number of carboxylic acids is 1. The van der Waals surface area contributed by atoms with Crippen LogP contribution in [0.1, 0.15) is 32.4 Å². The molecule has 1 aliphatic heterocycles. The van der Waals surface area contributed by atoms with Gasteiger partial charge in [0, 0.05) is 25.4 Å². The van der Waals surface area contributed by atoms with Crippen molar-refractivity contribution in [2.45, 2.75) is 38.1 Å². The van der Waals surface area contributed by atoms with Crippen LogP contribution in [-0.2, 0) is 21.4 Å². The molecule has 0 saturated heterocycles. The van der Waals surface area contributed by atoms with Crippen LogP contribution in [-0.4, -0.2) is 56.7 Å². The molecule has 3 aromatic carbocycles. The minimum absolute atomic E-state index is 0.170. The van der Waals surface area contributed by atoms with Gasteiger partial charge in [-0.05, 0) is 36.8 Å². The van der Waals surface area contributed by atoms with Crippen molar-refractivity contribution in [3.8, 4) is 11.5 Å². The second-order valence-corrected chi connectivity index (χ2v) is 10.4. The Kier molecular flexibility index (Phi) is 6.08. The molecular formula is C29H29NO9. The fourth-order valence-electron chi connectivity index (χ4n) is 5.98. The van der Waals surface area contributed by atoms with Crippen molar-refractivity contribution in [1.82, 2.24) is 4.57 Å². The zero-order chi connectivity index (χ0) is 28.4. The number of aliphatic hydroxyl groups excluding tert-OH is 1. The van der Waals surface area contributed by atoms with Crippen molar-refractivity contribution in [3.63, 3.8) is 0 Å². The van der Waals surface area contributed by atoms with Gasteiger partial charge in [0.25, 0.3) is 0 Å². The van der Waals surface area contributed by atoms with Crippen LogP contribution in [0.3, 0.4) is 0 Å². The van der Waals surface area contributed by atoms with E-state index in [1.54, 1.807) is 17.7 Å². The van der Waals surface area contributed by atoms with Crippen molar-refractivity contribution in [1.29, 1.82) is 0 Å². The smallest absolute Gasteiger partial charge is 0.338 e. The number of benzene rings is 3. The molecule has 1 unspecified atom stereocenters. The van der Waals surface area contributed by atoms with E-state index in [0.29, 0.717) is 10.9 Å². The molecule has 0 fully saturated rings. The lowest BCUT2D eigenvalue weighted by atomic mass is 9.69. The van der Waals surface area contributed by atoms with E-state index in [9.17, 15) is 29.7 Å². The van der Waals surface area contributed by atoms with Crippen LogP contribution < -0.4 is 14.9 Å². The number of aryl methyl sites for hydroxylation is 1. The summed E-state index contributed by atoms with van der Waals surface area (Å²) in [5.41, 5.74) is -3.50. The number of carbonyl (C=O) groups excluding carboxylic acids is 1. The Balaban J connectivity index is 1.99. The first kappa shape index (κ1) is 26.5. The average molecular weight is 536 g/mol. The third-order valence-electron chi connectivity index (χ3n) is 7.65. The van der Waals surface area contributed by atoms with E-state index in [-0.39, 0.29) is 33.4 Å². The third-order valence-corrected chi connectivity index (χ3v) is 7.65. The molecule has 39 heavy (non-hydrogen) atoms. The van der Waals surface area contributed by atoms with E-state index in [4.69, 9.17) is 14.2 Å². The zero-order valence-electron chi connectivity index (χ0n) is 22.1. The van der Waals surface area contributed by atoms with E-state index in [0.717, 1.165) is 17.7 Å². The number of aromatic nitrogens is 1. The zero-order valence-corrected chi connectivity index (χ0v) is 22.1. The van der Waals surface area contributed by atoms with E-state index in [1.807, 2.05) is 30.3 Å². The molecule has 0 bridgehead atoms. The molecule has 3 atom stereocenters. The molecule has 10 nitrogen and oxygen atoms in total. The van der Waals surface area contributed by atoms with Crippen molar-refractivity contribution < 1.29 is 39.1 Å². The Morgan fingerprint density at radius 2 is 1.79 bits per heavy atom. The topological polar surface area (TPSA) is 145 Å². The average Bonchev–Trinajstić information content (AvgIpc) is 2.88. The summed E-state index contributed by atoms with van der Waals surface area (Å²) in [5.74, 6) is -3.53. The lowest BCUT2D eigenvalue weighted by Gasteiger charge is -2.49. The number of carbonyl (C=O) groups is 2. The molecule has 5 rings (SSSR count). The molecule has 0 amide bonds. The van der Waals surface area contributed by atoms with E-state index >= 15 is 0 Å². The number of carboxylic acid groups (broad SMARTS) is 1. The summed E-state index contributed by atoms with van der Waals surface area (Å²) in [5, 5.41) is 33.6. The van der Waals surface area contributed by atoms with Gasteiger partial charge < -0.3 is 34.1 Å². The standard InChI is InChI=1S/C29H29NO9/c1-14(32)38-25-22-20(39-28(2,3)26(25)29(36,13-31)27(34)35)12-19(37-5)21-23(22)30(4)18-11-16-9-7-6-8-15(16)10-17(18)24(21)33/h6-12,25-26,31,36H,13H2,1-5H3,(H,34,35)/t25-,26-,29?/m1/s1. The molecule has 204 valence electrons. The van der Waals surface area contributed by atoms with Gasteiger partial charge in [-0.3, -0.25) is 9.59 Å². The summed E-state index contributed by atoms with van der Waals surface area (Å²) in [6, 6.07) is 12.8. The van der Waals surface area contributed by atoms with Crippen LogP contribution in [0.15, 0.2) is 47.3 Å². The Bertz CT molecular complexity index is 1740. The number of fused-ring (bicyclic) bond motifs is 5. The molecule has 0 spiro atoms. The molecule has 0 aliphatic carbocycles. The molecule has 10 heteroatoms. The maximum atomic E-state index is 14.0. The SMILES string of the molecule is COc1cc2c(c3c1c(=O)c1cc4ccccc4cc1n3C)[C@@H](OC(C)=O)[C@@H](C(O)(CO)C(=O)O)C(C)(C)O2. The summed E-state index contributed by atoms with van der Waals surface area (Å²) in [6.45, 7) is 3.05. The molecule has 4 aromatic rings. The molecule has 1 aromatic heterocycles. The van der Waals surface area contributed by atoms with E-state index in [1.165, 1.54) is 27.0 Å². The predicted octanol–water partition coefficient (Wildman–Crippen LogP) is 3.05. The fraction of sp³-hybridized carbons (Fsp3) is 0.345. The van der Waals surface area contributed by atoms with Crippen LogP contribution in [0.5, 0.6) is 11.5 Å². The number of aliphatic carboxylic acids is 1. The Morgan fingerprint density at radius 1 is 1.15 bits per heavy atom. The van der Waals surface area contributed by atoms with Crippen LogP contribution in [0, 0.1) is 5.92 Å². The highest BCUT2D eigenvalue weighted by Crippen LogP contribution is 2.53. The minimum atomic E-state index is -2.75. The summed E-state index contributed by atoms with van der Waals surface area (Å²) < 4.78 is 19.3. The van der Waals surface area contributed by atoms with Gasteiger partial charge >= 0.3 is 11.9 Å². The summed E-state index contributed by atoms with van der Waals surface area (Å²) >= 11 is 0. The lowest BCUT2D eigenvalue weighted by Crippen LogP contribution is -2.62. The Labute approximate surface area is 222 Å². The number of rotatable bonds is 5. The van der Waals surface area contributed by atoms with Crippen molar-refractivity contribution in [2.75, 3.05) is 13.7 Å². The number of hydrogen-bond donors (Lipinski definition) is 3. The van der Waals surface area contributed by atoms with Crippen molar-refractivity contribution in [2.24, 2.45) is 13.0 Å². The second-order valence-electron chi connectivity index (χ2n) is 10.4. The molecule has 2 heterocycles. The molecule has 1 aliphatic rings. The highest BCUT2D eigenvalue weighted by atomic mass is 16.6. The maximum Gasteiger partial charge on any atom is 0.338 e. The van der Waals surface area contributed by atoms with Gasteiger partial charge in [-0.1, -0.05) is 24.3 Å². The molecular weight excluding hydrogens is 506 g/mol. The Morgan fingerprint density at radius 3 is 2.36 bits per heavy atom. The monoisotopic (exact) mass is 535 g/mol. The first-order chi connectivity index (χ1) is 18.4. The first-order valence-electron chi connectivity index (χ1n) is 12.3. The third kappa shape index (κ3) is 3.82. The molecule has 3 N–H and O–H groups in total. The van der Waals surface area contributed by atoms with Crippen LogP contribution in [0.4, 0.5) is 0 Å². The van der Waals surface area contributed by atoms with E-state index < -0.39 is 41.8 Å². The van der Waals surface area contributed by atoms with E-state index in [2.05, 4.69) is 0 Å². The van der Waals surface area contributed by atoms with Gasteiger partial charge in [-0.15, -0.1) is 0 Å². The molecule has 0 radical (unpaired) electrons. The van der Waals surface area contributed by atoms with Crippen LogP contribution in [0.2, 0.25) is 0 Å². The van der Waals surface area contributed by atoms with Crippen LogP contribution >= 0.6 is 0 Å². The first-order valence-corrected chi connectivity index (χ1v) is 12.3. The number of esters is 1. The number of nitrogens with zero attached hydrogens (tertiary/aromatic N) is 1. The minimum Gasteiger partial charge on any atom is -0.496 e. The van der Waals surface area contributed by atoms with Gasteiger partial charge in [0.05, 0.1) is 41.6 Å². The largest absolute Gasteiger partial charge is 0.496 e. The Hall–Kier alpha value is -4.15. The van der Waals surface area contributed by atoms with Gasteiger partial charge in [0.1, 0.15) is 23.2 Å². The second kappa shape index (κ2) is 8.96. The number of ether oxygens (including phenoxy) is 3. The predicted molar refractivity (Wildman–Crippen MR) is 143 cm³/mol. The highest BCUT2D eigenvalue weighted by molar-refractivity contribution is 6.04. The number of aliphatic hydroxyl groups is 2. The fourth-order valence-corrected chi connectivity index (χ4v) is 5.98. The number of methoxy groups -OCH3 is 1. The summed E-state index contributed by atoms with van der Waals surface area (Å²) in [7, 11) is 3.15. The number of pyridine rings is 1. The normalized spacial score (nSPS) is 19.8. The van der Waals surface area contributed by atoms with Crippen LogP contribution in [0.25, 0.3) is 32.6 Å². The quantitative estimate of drug-likeness (QED) is 0.259. The summed E-state index contributed by atoms with van der Waals surface area (Å²) in [6.07, 6.45) is -1.41. The molecule has 0 saturated carbocycles. The van der Waals surface area contributed by atoms with Gasteiger partial charge in [0.2, 0.25) is 5.43 Å². The summed E-state index contributed by atoms with van der Waals surface area (Å²) in [4.78, 5) is 38.7.